The summed E-state index contributed by atoms with van der Waals surface area (Å²) in [4.78, 5) is 10.1. The Balaban J connectivity index is 2.52. The summed E-state index contributed by atoms with van der Waals surface area (Å²) in [6, 6.07) is -0.692. The van der Waals surface area contributed by atoms with Gasteiger partial charge in [0.1, 0.15) is 5.11 Å². The lowest BCUT2D eigenvalue weighted by Gasteiger charge is -1.99. The molecule has 0 aromatic rings. The van der Waals surface area contributed by atoms with Gasteiger partial charge in [0.2, 0.25) is 0 Å². The Kier molecular flexibility index (Phi) is 2.31. The first-order valence-corrected chi connectivity index (χ1v) is 3.17. The standard InChI is InChI=1S/C3F3N3O2S/c4-3(5,6)1(10)11-2-7-9-12-8-2/q+1. The number of ether oxygens (including phenoxy) is 1. The molecule has 0 unspecified atom stereocenters. The van der Waals surface area contributed by atoms with E-state index in [4.69, 9.17) is 0 Å². The van der Waals surface area contributed by atoms with Crippen LogP contribution in [0.1, 0.15) is 0 Å². The minimum atomic E-state index is -5.04. The van der Waals surface area contributed by atoms with Gasteiger partial charge in [-0.15, -0.1) is 0 Å². The van der Waals surface area contributed by atoms with E-state index in [1.807, 2.05) is 0 Å². The Morgan fingerprint density at radius 1 is 1.58 bits per heavy atom. The van der Waals surface area contributed by atoms with E-state index >= 15 is 0 Å². The predicted octanol–water partition coefficient (Wildman–Crippen LogP) is 0.813. The number of hydrogen-bond donors (Lipinski definition) is 0. The van der Waals surface area contributed by atoms with Gasteiger partial charge >= 0.3 is 30.3 Å². The van der Waals surface area contributed by atoms with Gasteiger partial charge in [0.25, 0.3) is 0 Å². The second kappa shape index (κ2) is 3.09. The van der Waals surface area contributed by atoms with Crippen LogP contribution in [0.5, 0.6) is 0 Å². The van der Waals surface area contributed by atoms with Crippen LogP contribution < -0.4 is 4.40 Å². The van der Waals surface area contributed by atoms with Crippen molar-refractivity contribution in [3.8, 4) is 0 Å². The minimum absolute atomic E-state index is 0.537. The number of amidine groups is 1. The lowest BCUT2D eigenvalue weighted by molar-refractivity contribution is -0.191. The van der Waals surface area contributed by atoms with Gasteiger partial charge in [-0.2, -0.15) is 13.2 Å². The van der Waals surface area contributed by atoms with E-state index in [2.05, 4.69) is 18.8 Å². The van der Waals surface area contributed by atoms with Crippen molar-refractivity contribution in [2.45, 2.75) is 6.18 Å². The number of nitrogens with zero attached hydrogens (tertiary/aromatic N) is 3. The third kappa shape index (κ3) is 2.19. The van der Waals surface area contributed by atoms with E-state index in [1.54, 1.807) is 0 Å². The fourth-order valence-electron chi connectivity index (χ4n) is 0.304. The highest BCUT2D eigenvalue weighted by Crippen LogP contribution is 2.17. The summed E-state index contributed by atoms with van der Waals surface area (Å²) in [7, 11) is 0. The normalized spacial score (nSPS) is 16.1. The van der Waals surface area contributed by atoms with Gasteiger partial charge in [-0.3, -0.25) is 0 Å². The van der Waals surface area contributed by atoms with E-state index in [0.29, 0.717) is 12.1 Å². The van der Waals surface area contributed by atoms with Gasteiger partial charge in [0.05, 0.1) is 8.92 Å². The number of carbonyl (C=O) groups excluding carboxylic acids is 1. The van der Waals surface area contributed by atoms with Crippen molar-refractivity contribution in [2.75, 3.05) is 0 Å². The zero-order chi connectivity index (χ0) is 9.19. The fraction of sp³-hybridized carbons (Fsp3) is 0.333. The molecule has 0 saturated heterocycles. The Bertz CT molecular complexity index is 260. The maximum atomic E-state index is 11.5. The molecule has 0 bridgehead atoms. The zero-order valence-corrected chi connectivity index (χ0v) is 6.02. The van der Waals surface area contributed by atoms with Crippen LogP contribution in [0.2, 0.25) is 0 Å². The van der Waals surface area contributed by atoms with Gasteiger partial charge in [0, 0.05) is 0 Å². The summed E-state index contributed by atoms with van der Waals surface area (Å²) in [6.07, 6.45) is -5.04. The third-order valence-electron chi connectivity index (χ3n) is 0.697. The average Bonchev–Trinajstić information content (AvgIpc) is 2.37. The summed E-state index contributed by atoms with van der Waals surface area (Å²) in [6.45, 7) is 0. The monoisotopic (exact) mass is 199 g/mol. The first kappa shape index (κ1) is 8.97. The Labute approximate surface area is 68.0 Å². The summed E-state index contributed by atoms with van der Waals surface area (Å²) in [5.74, 6) is -2.36. The molecule has 0 spiro atoms. The number of rotatable bonds is 0. The Morgan fingerprint density at radius 2 is 2.25 bits per heavy atom. The smallest absolute Gasteiger partial charge is 0.342 e. The first-order chi connectivity index (χ1) is 5.50. The highest BCUT2D eigenvalue weighted by atomic mass is 32.2. The minimum Gasteiger partial charge on any atom is -0.342 e. The van der Waals surface area contributed by atoms with Crippen LogP contribution in [0.3, 0.4) is 0 Å². The van der Waals surface area contributed by atoms with Crippen LogP contribution in [-0.4, -0.2) is 18.2 Å². The van der Waals surface area contributed by atoms with E-state index in [9.17, 15) is 18.0 Å². The molecule has 0 amide bonds. The maximum Gasteiger partial charge on any atom is 0.584 e. The molecule has 0 aliphatic carbocycles. The molecule has 12 heavy (non-hydrogen) atoms. The summed E-state index contributed by atoms with van der Waals surface area (Å²) >= 11 is 0.537. The van der Waals surface area contributed by atoms with Crippen LogP contribution in [0.25, 0.3) is 0 Å². The van der Waals surface area contributed by atoms with Crippen LogP contribution in [0.15, 0.2) is 9.63 Å². The largest absolute Gasteiger partial charge is 0.584 e. The number of alkyl halides is 3. The molecule has 1 radical (unpaired) electrons. The Hall–Kier alpha value is -1.12. The highest BCUT2D eigenvalue weighted by molar-refractivity contribution is 7.96. The quantitative estimate of drug-likeness (QED) is 0.428. The van der Waals surface area contributed by atoms with Crippen molar-refractivity contribution in [1.82, 2.24) is 4.40 Å². The number of halogens is 3. The molecular weight excluding hydrogens is 199 g/mol. The van der Waals surface area contributed by atoms with Gasteiger partial charge < -0.3 is 4.74 Å². The van der Waals surface area contributed by atoms with Crippen LogP contribution >= 0.6 is 12.1 Å². The molecule has 1 rings (SSSR count). The van der Waals surface area contributed by atoms with Crippen LogP contribution in [0, 0.1) is 0 Å². The lowest BCUT2D eigenvalue weighted by atomic mass is 10.7. The SMILES string of the molecule is O=C(OC1=[N+]SN=N1)C(F)(F)F. The molecule has 0 N–H and O–H groups in total. The summed E-state index contributed by atoms with van der Waals surface area (Å²) < 4.78 is 44.4. The van der Waals surface area contributed by atoms with Crippen molar-refractivity contribution < 1.29 is 22.7 Å². The van der Waals surface area contributed by atoms with E-state index in [0.717, 1.165) is 0 Å². The fourth-order valence-corrected chi connectivity index (χ4v) is 0.591. The first-order valence-electron chi connectivity index (χ1n) is 2.44. The molecule has 5 nitrogen and oxygen atoms in total. The average molecular weight is 199 g/mol. The molecule has 0 saturated carbocycles. The van der Waals surface area contributed by atoms with Crippen LogP contribution in [-0.2, 0) is 9.53 Å². The van der Waals surface area contributed by atoms with Crippen molar-refractivity contribution in [3.63, 3.8) is 0 Å². The number of carbonyl (C=O) groups is 1. The molecule has 65 valence electrons. The molecule has 9 heteroatoms. The van der Waals surface area contributed by atoms with Crippen molar-refractivity contribution in [1.29, 1.82) is 0 Å². The van der Waals surface area contributed by atoms with Gasteiger partial charge in [0.15, 0.2) is 0 Å². The predicted molar refractivity (Wildman–Crippen MR) is 31.7 cm³/mol. The lowest BCUT2D eigenvalue weighted by Crippen LogP contribution is -2.27. The second-order valence-corrected chi connectivity index (χ2v) is 2.03. The van der Waals surface area contributed by atoms with Crippen molar-refractivity contribution >= 4 is 24.1 Å². The summed E-state index contributed by atoms with van der Waals surface area (Å²) in [5, 5.41) is 2.98. The summed E-state index contributed by atoms with van der Waals surface area (Å²) in [5.41, 5.74) is 0. The van der Waals surface area contributed by atoms with E-state index in [-0.39, 0.29) is 0 Å². The third-order valence-corrected chi connectivity index (χ3v) is 1.09. The number of esters is 1. The Morgan fingerprint density at radius 3 is 2.67 bits per heavy atom. The molecule has 0 aromatic heterocycles. The van der Waals surface area contributed by atoms with Gasteiger partial charge in [-0.25, -0.2) is 4.79 Å². The zero-order valence-electron chi connectivity index (χ0n) is 5.20. The van der Waals surface area contributed by atoms with Crippen molar-refractivity contribution in [3.05, 3.63) is 0 Å². The molecule has 0 fully saturated rings. The molecular formula is C3F3N3O2S+. The van der Waals surface area contributed by atoms with E-state index in [1.165, 1.54) is 0 Å². The van der Waals surface area contributed by atoms with Crippen LogP contribution in [0.4, 0.5) is 13.2 Å². The highest BCUT2D eigenvalue weighted by Gasteiger charge is 2.44. The van der Waals surface area contributed by atoms with Gasteiger partial charge in [-0.1, -0.05) is 0 Å². The number of hydrogen-bond acceptors (Lipinski definition) is 6. The van der Waals surface area contributed by atoms with E-state index < -0.39 is 18.2 Å². The molecule has 0 atom stereocenters. The van der Waals surface area contributed by atoms with Gasteiger partial charge in [-0.05, 0) is 0 Å². The topological polar surface area (TPSA) is 65.1 Å². The molecule has 1 aliphatic rings. The van der Waals surface area contributed by atoms with Crippen molar-refractivity contribution in [2.24, 2.45) is 9.63 Å². The second-order valence-electron chi connectivity index (χ2n) is 1.52. The molecule has 1 aliphatic heterocycles. The molecule has 0 aromatic carbocycles. The maximum absolute atomic E-state index is 11.5. The molecule has 1 heterocycles.